The van der Waals surface area contributed by atoms with Gasteiger partial charge in [0.25, 0.3) is 0 Å². The molecule has 2 rings (SSSR count). The molecule has 0 unspecified atom stereocenters. The zero-order chi connectivity index (χ0) is 13.3. The number of nitrogens with zero attached hydrogens (tertiary/aromatic N) is 1. The first-order chi connectivity index (χ1) is 8.52. The number of halogens is 1. The van der Waals surface area contributed by atoms with E-state index in [-0.39, 0.29) is 16.7 Å². The van der Waals surface area contributed by atoms with Crippen molar-refractivity contribution in [3.63, 3.8) is 0 Å². The third kappa shape index (κ3) is 2.17. The van der Waals surface area contributed by atoms with Gasteiger partial charge in [-0.3, -0.25) is 4.79 Å². The van der Waals surface area contributed by atoms with Crippen molar-refractivity contribution < 1.29 is 19.4 Å². The molecule has 0 aliphatic rings. The van der Waals surface area contributed by atoms with E-state index in [0.717, 1.165) is 0 Å². The van der Waals surface area contributed by atoms with Gasteiger partial charge in [0.05, 0.1) is 7.11 Å². The van der Waals surface area contributed by atoms with Crippen molar-refractivity contribution in [1.82, 2.24) is 4.98 Å². The van der Waals surface area contributed by atoms with Crippen LogP contribution in [-0.2, 0) is 4.79 Å². The van der Waals surface area contributed by atoms with E-state index in [9.17, 15) is 9.90 Å². The van der Waals surface area contributed by atoms with Gasteiger partial charge in [0.15, 0.2) is 0 Å². The van der Waals surface area contributed by atoms with Crippen molar-refractivity contribution in [1.29, 1.82) is 0 Å². The van der Waals surface area contributed by atoms with E-state index in [2.05, 4.69) is 4.98 Å². The van der Waals surface area contributed by atoms with E-state index in [1.54, 1.807) is 12.1 Å². The lowest BCUT2D eigenvalue weighted by atomic mass is 10.2. The standard InChI is InChI=1S/C12H10ClNO4/c1-6(15)18-10-5-8(16)7-3-4-9(17-2)11(13)12(7)14-10/h3-5H,1-2H3,(H,14,16). The summed E-state index contributed by atoms with van der Waals surface area (Å²) in [5.74, 6) is -0.181. The molecule has 0 radical (unpaired) electrons. The SMILES string of the molecule is COc1ccc2c(O)cc(OC(C)=O)nc2c1Cl. The maximum absolute atomic E-state index is 10.9. The number of hydrogen-bond acceptors (Lipinski definition) is 5. The smallest absolute Gasteiger partial charge is 0.309 e. The number of methoxy groups -OCH3 is 1. The van der Waals surface area contributed by atoms with E-state index in [4.69, 9.17) is 21.1 Å². The normalized spacial score (nSPS) is 10.4. The maximum Gasteiger partial charge on any atom is 0.309 e. The van der Waals surface area contributed by atoms with Crippen molar-refractivity contribution in [3.05, 3.63) is 23.2 Å². The van der Waals surface area contributed by atoms with Gasteiger partial charge in [0.2, 0.25) is 5.88 Å². The van der Waals surface area contributed by atoms with Gasteiger partial charge in [-0.15, -0.1) is 0 Å². The van der Waals surface area contributed by atoms with Crippen LogP contribution in [0, 0.1) is 0 Å². The second kappa shape index (κ2) is 4.70. The zero-order valence-electron chi connectivity index (χ0n) is 9.73. The Morgan fingerprint density at radius 2 is 2.17 bits per heavy atom. The summed E-state index contributed by atoms with van der Waals surface area (Å²) in [6.45, 7) is 1.25. The van der Waals surface area contributed by atoms with Crippen LogP contribution in [0.15, 0.2) is 18.2 Å². The molecule has 5 nitrogen and oxygen atoms in total. The van der Waals surface area contributed by atoms with Crippen molar-refractivity contribution >= 4 is 28.5 Å². The first-order valence-corrected chi connectivity index (χ1v) is 5.45. The number of esters is 1. The van der Waals surface area contributed by atoms with Gasteiger partial charge >= 0.3 is 5.97 Å². The van der Waals surface area contributed by atoms with Crippen LogP contribution in [0.2, 0.25) is 5.02 Å². The quantitative estimate of drug-likeness (QED) is 0.847. The number of pyridine rings is 1. The predicted octanol–water partition coefficient (Wildman–Crippen LogP) is 2.53. The lowest BCUT2D eigenvalue weighted by Gasteiger charge is -2.08. The minimum absolute atomic E-state index is 0.0114. The summed E-state index contributed by atoms with van der Waals surface area (Å²) in [7, 11) is 1.48. The molecule has 0 amide bonds. The molecular weight excluding hydrogens is 258 g/mol. The van der Waals surface area contributed by atoms with Gasteiger partial charge in [-0.1, -0.05) is 11.6 Å². The highest BCUT2D eigenvalue weighted by molar-refractivity contribution is 6.36. The fourth-order valence-electron chi connectivity index (χ4n) is 1.56. The predicted molar refractivity (Wildman–Crippen MR) is 66.3 cm³/mol. The van der Waals surface area contributed by atoms with Gasteiger partial charge in [0, 0.05) is 18.4 Å². The Balaban J connectivity index is 2.68. The summed E-state index contributed by atoms with van der Waals surface area (Å²) in [6.07, 6.45) is 0. The lowest BCUT2D eigenvalue weighted by Crippen LogP contribution is -2.03. The number of carbonyl (C=O) groups excluding carboxylic acids is 1. The minimum Gasteiger partial charge on any atom is -0.507 e. The minimum atomic E-state index is -0.528. The molecule has 0 saturated heterocycles. The number of rotatable bonds is 2. The van der Waals surface area contributed by atoms with Gasteiger partial charge < -0.3 is 14.6 Å². The molecule has 1 aromatic heterocycles. The molecule has 1 aromatic carbocycles. The topological polar surface area (TPSA) is 68.7 Å². The Hall–Kier alpha value is -2.01. The highest BCUT2D eigenvalue weighted by Crippen LogP contribution is 2.36. The molecule has 0 aliphatic carbocycles. The zero-order valence-corrected chi connectivity index (χ0v) is 10.5. The Morgan fingerprint density at radius 3 is 2.78 bits per heavy atom. The Morgan fingerprint density at radius 1 is 1.44 bits per heavy atom. The van der Waals surface area contributed by atoms with Crippen molar-refractivity contribution in [3.8, 4) is 17.4 Å². The Labute approximate surface area is 108 Å². The van der Waals surface area contributed by atoms with Crippen molar-refractivity contribution in [2.75, 3.05) is 7.11 Å². The number of benzene rings is 1. The number of hydrogen-bond donors (Lipinski definition) is 1. The number of fused-ring (bicyclic) bond motifs is 1. The van der Waals surface area contributed by atoms with Gasteiger partial charge in [0.1, 0.15) is 22.0 Å². The summed E-state index contributed by atoms with van der Waals surface area (Å²) in [5.41, 5.74) is 0.312. The van der Waals surface area contributed by atoms with Crippen LogP contribution in [-0.4, -0.2) is 23.2 Å². The average molecular weight is 268 g/mol. The fraction of sp³-hybridized carbons (Fsp3) is 0.167. The number of ether oxygens (including phenoxy) is 2. The molecule has 18 heavy (non-hydrogen) atoms. The number of carbonyl (C=O) groups is 1. The van der Waals surface area contributed by atoms with Crippen molar-refractivity contribution in [2.45, 2.75) is 6.92 Å². The monoisotopic (exact) mass is 267 g/mol. The van der Waals surface area contributed by atoms with E-state index in [0.29, 0.717) is 16.7 Å². The van der Waals surface area contributed by atoms with E-state index in [1.807, 2.05) is 0 Å². The molecule has 94 valence electrons. The summed E-state index contributed by atoms with van der Waals surface area (Å²) < 4.78 is 9.87. The Kier molecular flexibility index (Phi) is 3.25. The molecule has 1 N–H and O–H groups in total. The maximum atomic E-state index is 10.9. The molecule has 0 saturated carbocycles. The largest absolute Gasteiger partial charge is 0.507 e. The summed E-state index contributed by atoms with van der Waals surface area (Å²) in [6, 6.07) is 4.50. The second-order valence-corrected chi connectivity index (χ2v) is 3.93. The molecule has 0 fully saturated rings. The van der Waals surface area contributed by atoms with Crippen LogP contribution in [0.5, 0.6) is 17.4 Å². The molecule has 0 atom stereocenters. The van der Waals surface area contributed by atoms with Crippen LogP contribution >= 0.6 is 11.6 Å². The van der Waals surface area contributed by atoms with E-state index in [1.165, 1.54) is 20.1 Å². The van der Waals surface area contributed by atoms with E-state index >= 15 is 0 Å². The van der Waals surface area contributed by atoms with Crippen LogP contribution in [0.3, 0.4) is 0 Å². The van der Waals surface area contributed by atoms with Gasteiger partial charge in [-0.25, -0.2) is 4.98 Å². The highest BCUT2D eigenvalue weighted by Gasteiger charge is 2.13. The number of aromatic hydroxyl groups is 1. The van der Waals surface area contributed by atoms with Crippen LogP contribution in [0.1, 0.15) is 6.92 Å². The summed E-state index contributed by atoms with van der Waals surface area (Å²) >= 11 is 6.08. The number of aromatic nitrogens is 1. The molecule has 0 bridgehead atoms. The molecule has 0 aliphatic heterocycles. The van der Waals surface area contributed by atoms with Gasteiger partial charge in [-0.2, -0.15) is 0 Å². The third-order valence-corrected chi connectivity index (χ3v) is 2.67. The van der Waals surface area contributed by atoms with Crippen LogP contribution < -0.4 is 9.47 Å². The Bertz CT molecular complexity index is 627. The summed E-state index contributed by atoms with van der Waals surface area (Å²) in [5, 5.41) is 10.5. The highest BCUT2D eigenvalue weighted by atomic mass is 35.5. The first-order valence-electron chi connectivity index (χ1n) is 5.07. The summed E-state index contributed by atoms with van der Waals surface area (Å²) in [4.78, 5) is 14.9. The molecule has 1 heterocycles. The molecule has 0 spiro atoms. The molecular formula is C12H10ClNO4. The van der Waals surface area contributed by atoms with E-state index < -0.39 is 5.97 Å². The average Bonchev–Trinajstić information content (AvgIpc) is 2.30. The van der Waals surface area contributed by atoms with Crippen molar-refractivity contribution in [2.24, 2.45) is 0 Å². The lowest BCUT2D eigenvalue weighted by molar-refractivity contribution is -0.132. The van der Waals surface area contributed by atoms with Crippen LogP contribution in [0.4, 0.5) is 0 Å². The second-order valence-electron chi connectivity index (χ2n) is 3.55. The first kappa shape index (κ1) is 12.4. The molecule has 6 heteroatoms. The van der Waals surface area contributed by atoms with Gasteiger partial charge in [-0.05, 0) is 12.1 Å². The fourth-order valence-corrected chi connectivity index (χ4v) is 1.84. The molecule has 2 aromatic rings. The van der Waals surface area contributed by atoms with Crippen LogP contribution in [0.25, 0.3) is 10.9 Å². The third-order valence-electron chi connectivity index (χ3n) is 2.31.